The number of carbonyl (C=O) groups excluding carboxylic acids is 2. The molecule has 200 valence electrons. The zero-order chi connectivity index (χ0) is 26.9. The van der Waals surface area contributed by atoms with Crippen LogP contribution in [-0.2, 0) is 18.3 Å². The molecule has 1 saturated heterocycles. The fourth-order valence-electron chi connectivity index (χ4n) is 7.88. The van der Waals surface area contributed by atoms with E-state index >= 15 is 0 Å². The molecule has 39 heavy (non-hydrogen) atoms. The largest absolute Gasteiger partial charge is 0.366 e. The molecular formula is C34H37N3O2. The second kappa shape index (κ2) is 8.79. The molecule has 5 nitrogen and oxygen atoms in total. The molecule has 3 aliphatic carbocycles. The van der Waals surface area contributed by atoms with E-state index in [1.807, 2.05) is 18.2 Å². The summed E-state index contributed by atoms with van der Waals surface area (Å²) in [7, 11) is 0. The third-order valence-corrected chi connectivity index (χ3v) is 10.3. The van der Waals surface area contributed by atoms with Gasteiger partial charge in [0.15, 0.2) is 0 Å². The van der Waals surface area contributed by atoms with Crippen molar-refractivity contribution in [1.29, 1.82) is 0 Å². The first kappa shape index (κ1) is 24.6. The average Bonchev–Trinajstić information content (AvgIpc) is 3.85. The first-order chi connectivity index (χ1) is 18.8. The van der Waals surface area contributed by atoms with E-state index in [0.717, 1.165) is 35.4 Å². The SMILES string of the molecule is C[C@H]1C2N(CC3CC3)C23Cc2ccc(C(=O)NCCc4ccc(-c5ccc(C(N)=O)cc5)cc4)cc2[C@@]1(C)C3. The average molecular weight is 520 g/mol. The minimum absolute atomic E-state index is 0.0130. The van der Waals surface area contributed by atoms with Crippen molar-refractivity contribution in [2.24, 2.45) is 17.6 Å². The van der Waals surface area contributed by atoms with Gasteiger partial charge >= 0.3 is 0 Å². The lowest BCUT2D eigenvalue weighted by atomic mass is 9.67. The number of fused-ring (bicyclic) bond motifs is 3. The highest BCUT2D eigenvalue weighted by atomic mass is 16.2. The zero-order valence-electron chi connectivity index (χ0n) is 22.9. The van der Waals surface area contributed by atoms with Crippen molar-refractivity contribution in [2.75, 3.05) is 13.1 Å². The molecule has 2 saturated carbocycles. The third-order valence-electron chi connectivity index (χ3n) is 10.3. The van der Waals surface area contributed by atoms with Gasteiger partial charge in [-0.3, -0.25) is 14.5 Å². The van der Waals surface area contributed by atoms with Crippen LogP contribution < -0.4 is 11.1 Å². The minimum atomic E-state index is -0.419. The highest BCUT2D eigenvalue weighted by Crippen LogP contribution is 2.68. The van der Waals surface area contributed by atoms with E-state index < -0.39 is 5.91 Å². The van der Waals surface area contributed by atoms with Crippen molar-refractivity contribution in [1.82, 2.24) is 10.2 Å². The molecule has 0 radical (unpaired) electrons. The molecule has 1 aliphatic heterocycles. The quantitative estimate of drug-likeness (QED) is 0.406. The molecule has 1 heterocycles. The number of amides is 2. The summed E-state index contributed by atoms with van der Waals surface area (Å²) in [5, 5.41) is 3.15. The van der Waals surface area contributed by atoms with Crippen LogP contribution >= 0.6 is 0 Å². The predicted octanol–water partition coefficient (Wildman–Crippen LogP) is 5.11. The number of piperidine rings is 1. The van der Waals surface area contributed by atoms with Crippen LogP contribution in [0.1, 0.15) is 70.5 Å². The second-order valence-corrected chi connectivity index (χ2v) is 12.7. The Bertz CT molecular complexity index is 1460. The van der Waals surface area contributed by atoms with Gasteiger partial charge in [-0.1, -0.05) is 56.3 Å². The Morgan fingerprint density at radius 1 is 0.974 bits per heavy atom. The highest BCUT2D eigenvalue weighted by molar-refractivity contribution is 5.94. The summed E-state index contributed by atoms with van der Waals surface area (Å²) in [6, 6.07) is 22.8. The number of hydrogen-bond donors (Lipinski definition) is 2. The lowest BCUT2D eigenvalue weighted by Crippen LogP contribution is -2.40. The normalized spacial score (nSPS) is 29.8. The molecule has 3 unspecified atom stereocenters. The highest BCUT2D eigenvalue weighted by Gasteiger charge is 2.75. The van der Waals surface area contributed by atoms with Crippen molar-refractivity contribution in [2.45, 2.75) is 62.9 Å². The topological polar surface area (TPSA) is 75.2 Å². The van der Waals surface area contributed by atoms with Gasteiger partial charge in [0.25, 0.3) is 5.91 Å². The summed E-state index contributed by atoms with van der Waals surface area (Å²) >= 11 is 0. The molecular weight excluding hydrogens is 482 g/mol. The summed E-state index contributed by atoms with van der Waals surface area (Å²) in [4.78, 5) is 27.3. The lowest BCUT2D eigenvalue weighted by molar-refractivity contribution is 0.0952. The maximum Gasteiger partial charge on any atom is 0.251 e. The first-order valence-corrected chi connectivity index (χ1v) is 14.5. The Morgan fingerprint density at radius 2 is 1.64 bits per heavy atom. The fraction of sp³-hybridized carbons (Fsp3) is 0.412. The van der Waals surface area contributed by atoms with Gasteiger partial charge in [-0.25, -0.2) is 0 Å². The van der Waals surface area contributed by atoms with Crippen LogP contribution in [0.25, 0.3) is 11.1 Å². The van der Waals surface area contributed by atoms with Crippen LogP contribution in [0, 0.1) is 11.8 Å². The molecule has 3 aromatic rings. The standard InChI is InChI=1S/C34H37N3O2/c1-21-30-34(37(30)19-23-3-4-23)18-28-14-13-27(17-29(28)33(21,2)20-34)32(39)36-16-15-22-5-7-24(8-6-22)25-9-11-26(12-10-25)31(35)38/h5-14,17,21,23,30H,3-4,15-16,18-20H2,1-2H3,(H2,35,38)(H,36,39)/t21-,30?,33-,34?,37?/m0/s1. The molecule has 5 atom stereocenters. The maximum absolute atomic E-state index is 13.1. The molecule has 3 aromatic carbocycles. The van der Waals surface area contributed by atoms with Crippen LogP contribution in [0.2, 0.25) is 0 Å². The second-order valence-electron chi connectivity index (χ2n) is 12.7. The summed E-state index contributed by atoms with van der Waals surface area (Å²) in [6.07, 6.45) is 5.99. The minimum Gasteiger partial charge on any atom is -0.366 e. The van der Waals surface area contributed by atoms with E-state index in [1.54, 1.807) is 12.1 Å². The number of likely N-dealkylation sites (tertiary alicyclic amines) is 1. The molecule has 2 bridgehead atoms. The Morgan fingerprint density at radius 3 is 2.31 bits per heavy atom. The maximum atomic E-state index is 13.1. The van der Waals surface area contributed by atoms with Gasteiger partial charge in [0.1, 0.15) is 0 Å². The number of hydrogen-bond acceptors (Lipinski definition) is 3. The summed E-state index contributed by atoms with van der Waals surface area (Å²) < 4.78 is 0. The number of primary amides is 1. The summed E-state index contributed by atoms with van der Waals surface area (Å²) in [6.45, 7) is 6.78. The number of nitrogens with two attached hydrogens (primary N) is 1. The van der Waals surface area contributed by atoms with E-state index in [9.17, 15) is 9.59 Å². The molecule has 3 N–H and O–H groups in total. The van der Waals surface area contributed by atoms with Gasteiger partial charge in [0, 0.05) is 35.8 Å². The van der Waals surface area contributed by atoms with Crippen LogP contribution in [0.15, 0.2) is 66.7 Å². The Balaban J connectivity index is 0.983. The molecule has 1 spiro atoms. The van der Waals surface area contributed by atoms with Crippen molar-refractivity contribution in [3.05, 3.63) is 94.5 Å². The number of nitrogens with zero attached hydrogens (tertiary/aromatic N) is 1. The van der Waals surface area contributed by atoms with E-state index in [0.29, 0.717) is 29.6 Å². The van der Waals surface area contributed by atoms with Crippen molar-refractivity contribution < 1.29 is 9.59 Å². The number of benzene rings is 3. The smallest absolute Gasteiger partial charge is 0.251 e. The van der Waals surface area contributed by atoms with Gasteiger partial charge in [-0.15, -0.1) is 0 Å². The molecule has 0 aromatic heterocycles. The van der Waals surface area contributed by atoms with Gasteiger partial charge < -0.3 is 11.1 Å². The Kier molecular flexibility index (Phi) is 5.54. The first-order valence-electron chi connectivity index (χ1n) is 14.5. The molecule has 4 aliphatic rings. The molecule has 5 heteroatoms. The van der Waals surface area contributed by atoms with Gasteiger partial charge in [-0.05, 0) is 101 Å². The monoisotopic (exact) mass is 519 g/mol. The van der Waals surface area contributed by atoms with Crippen LogP contribution in [0.5, 0.6) is 0 Å². The lowest BCUT2D eigenvalue weighted by Gasteiger charge is -2.41. The van der Waals surface area contributed by atoms with E-state index in [2.05, 4.69) is 60.5 Å². The molecule has 2 amide bonds. The predicted molar refractivity (Wildman–Crippen MR) is 154 cm³/mol. The van der Waals surface area contributed by atoms with Crippen molar-refractivity contribution >= 4 is 11.8 Å². The summed E-state index contributed by atoms with van der Waals surface area (Å²) in [5.74, 6) is 1.16. The van der Waals surface area contributed by atoms with Crippen molar-refractivity contribution in [3.63, 3.8) is 0 Å². The molecule has 3 fully saturated rings. The fourth-order valence-corrected chi connectivity index (χ4v) is 7.88. The Labute approximate surface area is 230 Å². The third kappa shape index (κ3) is 4.01. The summed E-state index contributed by atoms with van der Waals surface area (Å²) in [5.41, 5.74) is 13.3. The number of carbonyl (C=O) groups is 2. The van der Waals surface area contributed by atoms with Gasteiger partial charge in [0.2, 0.25) is 5.91 Å². The van der Waals surface area contributed by atoms with E-state index in [-0.39, 0.29) is 11.3 Å². The van der Waals surface area contributed by atoms with E-state index in [1.165, 1.54) is 42.5 Å². The molecule has 7 rings (SSSR count). The number of rotatable bonds is 8. The van der Waals surface area contributed by atoms with Crippen LogP contribution in [-0.4, -0.2) is 41.4 Å². The Hall–Kier alpha value is -3.44. The van der Waals surface area contributed by atoms with Crippen molar-refractivity contribution in [3.8, 4) is 11.1 Å². The van der Waals surface area contributed by atoms with Crippen LogP contribution in [0.3, 0.4) is 0 Å². The van der Waals surface area contributed by atoms with E-state index in [4.69, 9.17) is 5.73 Å². The van der Waals surface area contributed by atoms with Gasteiger partial charge in [0.05, 0.1) is 0 Å². The van der Waals surface area contributed by atoms with Crippen LogP contribution in [0.4, 0.5) is 0 Å². The van der Waals surface area contributed by atoms with Gasteiger partial charge in [-0.2, -0.15) is 0 Å². The zero-order valence-corrected chi connectivity index (χ0v) is 22.9. The number of nitrogens with one attached hydrogen (secondary N) is 1.